The summed E-state index contributed by atoms with van der Waals surface area (Å²) in [4.78, 5) is 15.6. The number of amides is 1. The number of carbonyl (C=O) groups excluding carboxylic acids is 1. The molecule has 0 atom stereocenters. The molecule has 0 fully saturated rings. The third-order valence-corrected chi connectivity index (χ3v) is 2.43. The van der Waals surface area contributed by atoms with Gasteiger partial charge in [-0.2, -0.15) is 5.26 Å². The monoisotopic (exact) mass is 304 g/mol. The number of hydrogen-bond donors (Lipinski definition) is 2. The zero-order valence-corrected chi connectivity index (χ0v) is 11.1. The van der Waals surface area contributed by atoms with E-state index in [0.29, 0.717) is 0 Å². The van der Waals surface area contributed by atoms with E-state index in [1.165, 1.54) is 6.20 Å². The van der Waals surface area contributed by atoms with Crippen LogP contribution in [-0.4, -0.2) is 14.7 Å². The molecule has 5 nitrogen and oxygen atoms in total. The van der Waals surface area contributed by atoms with Gasteiger partial charge in [-0.3, -0.25) is 4.79 Å². The Morgan fingerprint density at radius 2 is 2.11 bits per heavy atom. The highest BCUT2D eigenvalue weighted by Gasteiger charge is 2.29. The zero-order valence-electron chi connectivity index (χ0n) is 8.82. The van der Waals surface area contributed by atoms with Crippen LogP contribution < -0.4 is 11.1 Å². The topological polar surface area (TPSA) is 91.8 Å². The van der Waals surface area contributed by atoms with Gasteiger partial charge in [0.1, 0.15) is 17.5 Å². The Balaban J connectivity index is 2.99. The minimum absolute atomic E-state index is 0.257. The van der Waals surface area contributed by atoms with Crippen molar-refractivity contribution in [3.8, 4) is 6.07 Å². The number of alkyl halides is 3. The molecule has 1 aromatic rings. The molecule has 94 valence electrons. The SMILES string of the molecule is N#C/C(C(=O)Nc1ccccn1)=C(/N)C(Cl)(Cl)Cl. The van der Waals surface area contributed by atoms with Crippen LogP contribution in [0.3, 0.4) is 0 Å². The summed E-state index contributed by atoms with van der Waals surface area (Å²) < 4.78 is -2.02. The maximum atomic E-state index is 11.7. The summed E-state index contributed by atoms with van der Waals surface area (Å²) in [6.45, 7) is 0. The maximum absolute atomic E-state index is 11.7. The van der Waals surface area contributed by atoms with Gasteiger partial charge in [0.15, 0.2) is 0 Å². The van der Waals surface area contributed by atoms with Crippen LogP contribution in [0.4, 0.5) is 5.82 Å². The largest absolute Gasteiger partial charge is 0.397 e. The Bertz CT molecular complexity index is 516. The molecule has 1 aromatic heterocycles. The first-order chi connectivity index (χ1) is 8.36. The highest BCUT2D eigenvalue weighted by atomic mass is 35.6. The number of rotatable bonds is 2. The maximum Gasteiger partial charge on any atom is 0.269 e. The molecule has 0 spiro atoms. The first-order valence-corrected chi connectivity index (χ1v) is 5.69. The van der Waals surface area contributed by atoms with E-state index in [1.54, 1.807) is 24.3 Å². The number of nitrogens with zero attached hydrogens (tertiary/aromatic N) is 2. The molecule has 1 rings (SSSR count). The Kier molecular flexibility index (Phi) is 4.79. The average Bonchev–Trinajstić information content (AvgIpc) is 2.29. The molecule has 1 amide bonds. The summed E-state index contributed by atoms with van der Waals surface area (Å²) in [5, 5.41) is 11.2. The molecule has 0 saturated carbocycles. The number of hydrogen-bond acceptors (Lipinski definition) is 4. The fourth-order valence-corrected chi connectivity index (χ4v) is 1.27. The average molecular weight is 306 g/mol. The van der Waals surface area contributed by atoms with Gasteiger partial charge in [0.25, 0.3) is 5.91 Å². The van der Waals surface area contributed by atoms with Crippen LogP contribution in [0.2, 0.25) is 0 Å². The van der Waals surface area contributed by atoms with Gasteiger partial charge in [-0.05, 0) is 12.1 Å². The van der Waals surface area contributed by atoms with Gasteiger partial charge in [0.2, 0.25) is 3.79 Å². The van der Waals surface area contributed by atoms with Crippen LogP contribution in [0.5, 0.6) is 0 Å². The molecule has 0 aliphatic rings. The number of anilines is 1. The number of aromatic nitrogens is 1. The van der Waals surface area contributed by atoms with E-state index in [1.807, 2.05) is 0 Å². The van der Waals surface area contributed by atoms with Gasteiger partial charge >= 0.3 is 0 Å². The molecule has 1 heterocycles. The van der Waals surface area contributed by atoms with Gasteiger partial charge < -0.3 is 11.1 Å². The standard InChI is InChI=1S/C10H7Cl3N4O/c11-10(12,13)8(15)6(5-14)9(18)17-7-3-1-2-4-16-7/h1-4H,15H2,(H,16,17,18)/b8-6-. The number of halogens is 3. The summed E-state index contributed by atoms with van der Waals surface area (Å²) in [6, 6.07) is 6.47. The van der Waals surface area contributed by atoms with E-state index in [2.05, 4.69) is 10.3 Å². The smallest absolute Gasteiger partial charge is 0.269 e. The molecule has 0 aliphatic heterocycles. The van der Waals surface area contributed by atoms with Gasteiger partial charge in [0, 0.05) is 6.20 Å². The van der Waals surface area contributed by atoms with Gasteiger partial charge in [-0.15, -0.1) is 0 Å². The van der Waals surface area contributed by atoms with E-state index in [4.69, 9.17) is 45.8 Å². The first kappa shape index (κ1) is 14.6. The third-order valence-electron chi connectivity index (χ3n) is 1.82. The van der Waals surface area contributed by atoms with Crippen molar-refractivity contribution in [1.82, 2.24) is 4.98 Å². The van der Waals surface area contributed by atoms with Crippen molar-refractivity contribution in [2.45, 2.75) is 3.79 Å². The summed E-state index contributed by atoms with van der Waals surface area (Å²) >= 11 is 16.5. The molecule has 0 radical (unpaired) electrons. The lowest BCUT2D eigenvalue weighted by atomic mass is 10.2. The van der Waals surface area contributed by atoms with Crippen LogP contribution in [0.15, 0.2) is 35.7 Å². The van der Waals surface area contributed by atoms with Crippen LogP contribution in [0.1, 0.15) is 0 Å². The van der Waals surface area contributed by atoms with Crippen molar-refractivity contribution in [2.24, 2.45) is 5.73 Å². The van der Waals surface area contributed by atoms with E-state index in [9.17, 15) is 4.79 Å². The lowest BCUT2D eigenvalue weighted by Crippen LogP contribution is -2.25. The summed E-state index contributed by atoms with van der Waals surface area (Å²) in [5.41, 5.74) is 4.53. The molecular formula is C10H7Cl3N4O. The van der Waals surface area contributed by atoms with Crippen LogP contribution >= 0.6 is 34.8 Å². The van der Waals surface area contributed by atoms with E-state index < -0.39 is 21.0 Å². The quantitative estimate of drug-likeness (QED) is 0.497. The van der Waals surface area contributed by atoms with Crippen molar-refractivity contribution >= 4 is 46.5 Å². The fraction of sp³-hybridized carbons (Fsp3) is 0.100. The third kappa shape index (κ3) is 3.77. The Labute approximate surface area is 118 Å². The predicted octanol–water partition coefficient (Wildman–Crippen LogP) is 2.13. The van der Waals surface area contributed by atoms with Crippen molar-refractivity contribution in [3.63, 3.8) is 0 Å². The summed E-state index contributed by atoms with van der Waals surface area (Å²) in [5.74, 6) is -0.535. The van der Waals surface area contributed by atoms with Crippen molar-refractivity contribution < 1.29 is 4.79 Å². The van der Waals surface area contributed by atoms with Gasteiger partial charge in [-0.1, -0.05) is 40.9 Å². The van der Waals surface area contributed by atoms with Crippen molar-refractivity contribution in [1.29, 1.82) is 5.26 Å². The number of nitriles is 1. The number of carbonyl (C=O) groups is 1. The van der Waals surface area contributed by atoms with Crippen LogP contribution in [0.25, 0.3) is 0 Å². The van der Waals surface area contributed by atoms with Crippen LogP contribution in [0, 0.1) is 11.3 Å². The minimum Gasteiger partial charge on any atom is -0.397 e. The molecule has 18 heavy (non-hydrogen) atoms. The molecular weight excluding hydrogens is 298 g/mol. The van der Waals surface area contributed by atoms with Crippen molar-refractivity contribution in [2.75, 3.05) is 5.32 Å². The fourth-order valence-electron chi connectivity index (χ4n) is 0.991. The molecule has 0 aromatic carbocycles. The first-order valence-electron chi connectivity index (χ1n) is 4.55. The normalized spacial score (nSPS) is 12.3. The molecule has 0 unspecified atom stereocenters. The molecule has 0 aliphatic carbocycles. The van der Waals surface area contributed by atoms with Crippen LogP contribution in [-0.2, 0) is 4.79 Å². The number of allylic oxidation sites excluding steroid dienone is 1. The minimum atomic E-state index is -2.02. The Morgan fingerprint density at radius 1 is 1.44 bits per heavy atom. The Morgan fingerprint density at radius 3 is 2.56 bits per heavy atom. The summed E-state index contributed by atoms with van der Waals surface area (Å²) in [7, 11) is 0. The van der Waals surface area contributed by atoms with E-state index >= 15 is 0 Å². The second-order valence-corrected chi connectivity index (χ2v) is 5.35. The molecule has 8 heteroatoms. The lowest BCUT2D eigenvalue weighted by molar-refractivity contribution is -0.112. The van der Waals surface area contributed by atoms with E-state index in [-0.39, 0.29) is 5.82 Å². The second-order valence-electron chi connectivity index (χ2n) is 3.07. The highest BCUT2D eigenvalue weighted by molar-refractivity contribution is 6.69. The number of nitrogens with two attached hydrogens (primary N) is 1. The molecule has 0 bridgehead atoms. The number of pyridine rings is 1. The van der Waals surface area contributed by atoms with Gasteiger partial charge in [0.05, 0.1) is 5.70 Å². The lowest BCUT2D eigenvalue weighted by Gasteiger charge is -2.13. The highest BCUT2D eigenvalue weighted by Crippen LogP contribution is 2.33. The second kappa shape index (κ2) is 5.91. The van der Waals surface area contributed by atoms with Crippen molar-refractivity contribution in [3.05, 3.63) is 35.7 Å². The predicted molar refractivity (Wildman–Crippen MR) is 70.0 cm³/mol. The molecule has 0 saturated heterocycles. The number of nitrogens with one attached hydrogen (secondary N) is 1. The zero-order chi connectivity index (χ0) is 13.8. The molecule has 3 N–H and O–H groups in total. The van der Waals surface area contributed by atoms with Gasteiger partial charge in [-0.25, -0.2) is 4.98 Å². The Hall–Kier alpha value is -1.48. The van der Waals surface area contributed by atoms with E-state index in [0.717, 1.165) is 0 Å². The summed E-state index contributed by atoms with van der Waals surface area (Å²) in [6.07, 6.45) is 1.48.